The third-order valence-corrected chi connectivity index (χ3v) is 7.29. The standard InChI is InChI=1S/C19H26N5O4PS2/c1-11(2)8-13(9-25)21-17-16-18(22-15(31-16)10-29(26,27)28)24-19(23-17)30-12(3)14-6-4-5-7-20-14/h4-7,11-13,25H,8-10H2,1-3H3,(H,21,23,24)(H2,26,27,28). The zero-order valence-corrected chi connectivity index (χ0v) is 20.0. The van der Waals surface area contributed by atoms with E-state index in [0.29, 0.717) is 32.2 Å². The molecule has 0 bridgehead atoms. The molecular formula is C19H26N5O4PS2. The van der Waals surface area contributed by atoms with Crippen molar-refractivity contribution < 1.29 is 19.5 Å². The molecule has 9 nitrogen and oxygen atoms in total. The predicted molar refractivity (Wildman–Crippen MR) is 123 cm³/mol. The fourth-order valence-electron chi connectivity index (χ4n) is 3.02. The maximum absolute atomic E-state index is 11.4. The summed E-state index contributed by atoms with van der Waals surface area (Å²) in [6.07, 6.45) is 2.02. The van der Waals surface area contributed by atoms with Crippen molar-refractivity contribution in [3.8, 4) is 0 Å². The molecule has 0 aliphatic rings. The first-order valence-corrected chi connectivity index (χ1v) is 13.3. The van der Waals surface area contributed by atoms with Gasteiger partial charge in [0.05, 0.1) is 23.6 Å². The van der Waals surface area contributed by atoms with Gasteiger partial charge < -0.3 is 20.2 Å². The summed E-state index contributed by atoms with van der Waals surface area (Å²) in [5, 5.41) is 13.8. The summed E-state index contributed by atoms with van der Waals surface area (Å²) in [4.78, 5) is 36.5. The number of aromatic nitrogens is 4. The van der Waals surface area contributed by atoms with Gasteiger partial charge in [0, 0.05) is 6.20 Å². The average Bonchev–Trinajstić information content (AvgIpc) is 3.08. The van der Waals surface area contributed by atoms with Gasteiger partial charge in [-0.05, 0) is 31.4 Å². The highest BCUT2D eigenvalue weighted by Crippen LogP contribution is 2.42. The Bertz CT molecular complexity index is 1060. The zero-order valence-electron chi connectivity index (χ0n) is 17.5. The van der Waals surface area contributed by atoms with Crippen LogP contribution in [0.15, 0.2) is 29.6 Å². The molecular weight excluding hydrogens is 457 g/mol. The summed E-state index contributed by atoms with van der Waals surface area (Å²) in [5.41, 5.74) is 1.27. The first-order valence-electron chi connectivity index (χ1n) is 9.81. The summed E-state index contributed by atoms with van der Waals surface area (Å²) in [7, 11) is -4.26. The summed E-state index contributed by atoms with van der Waals surface area (Å²) >= 11 is 2.57. The molecule has 0 saturated carbocycles. The summed E-state index contributed by atoms with van der Waals surface area (Å²) < 4.78 is 12.1. The van der Waals surface area contributed by atoms with Crippen LogP contribution in [0.1, 0.15) is 43.1 Å². The lowest BCUT2D eigenvalue weighted by Crippen LogP contribution is -2.26. The minimum Gasteiger partial charge on any atom is -0.394 e. The second-order valence-electron chi connectivity index (χ2n) is 7.61. The number of aliphatic hydroxyl groups excluding tert-OH is 1. The Kier molecular flexibility index (Phi) is 8.01. The molecule has 0 saturated heterocycles. The van der Waals surface area contributed by atoms with E-state index in [1.165, 1.54) is 11.8 Å². The number of nitrogens with one attached hydrogen (secondary N) is 1. The minimum atomic E-state index is -4.26. The molecule has 0 spiro atoms. The molecule has 3 aromatic heterocycles. The van der Waals surface area contributed by atoms with Crippen molar-refractivity contribution in [3.63, 3.8) is 0 Å². The molecule has 2 unspecified atom stereocenters. The number of nitrogens with zero attached hydrogens (tertiary/aromatic N) is 4. The topological polar surface area (TPSA) is 141 Å². The molecule has 3 rings (SSSR count). The third-order valence-electron chi connectivity index (χ3n) is 4.32. The molecule has 0 aromatic carbocycles. The summed E-state index contributed by atoms with van der Waals surface area (Å²) in [5.74, 6) is 0.876. The highest BCUT2D eigenvalue weighted by atomic mass is 32.2. The first-order chi connectivity index (χ1) is 14.6. The van der Waals surface area contributed by atoms with Gasteiger partial charge in [-0.1, -0.05) is 31.7 Å². The van der Waals surface area contributed by atoms with Crippen LogP contribution in [0.2, 0.25) is 0 Å². The molecule has 0 aliphatic carbocycles. The number of fused-ring (bicyclic) bond motifs is 1. The molecule has 168 valence electrons. The van der Waals surface area contributed by atoms with Gasteiger partial charge in [-0.3, -0.25) is 9.55 Å². The van der Waals surface area contributed by atoms with Crippen LogP contribution in [0.4, 0.5) is 5.82 Å². The van der Waals surface area contributed by atoms with E-state index in [1.54, 1.807) is 6.20 Å². The number of hydrogen-bond donors (Lipinski definition) is 4. The van der Waals surface area contributed by atoms with Crippen molar-refractivity contribution in [2.24, 2.45) is 5.92 Å². The second kappa shape index (κ2) is 10.3. The van der Waals surface area contributed by atoms with Crippen LogP contribution in [0, 0.1) is 5.92 Å². The molecule has 4 N–H and O–H groups in total. The van der Waals surface area contributed by atoms with Crippen LogP contribution in [0.3, 0.4) is 0 Å². The van der Waals surface area contributed by atoms with E-state index in [2.05, 4.69) is 39.1 Å². The molecule has 0 amide bonds. The van der Waals surface area contributed by atoms with Gasteiger partial charge in [-0.2, -0.15) is 0 Å². The fraction of sp³-hybridized carbons (Fsp3) is 0.474. The van der Waals surface area contributed by atoms with E-state index >= 15 is 0 Å². The lowest BCUT2D eigenvalue weighted by molar-refractivity contribution is 0.259. The fourth-order valence-corrected chi connectivity index (χ4v) is 5.81. The van der Waals surface area contributed by atoms with Crippen molar-refractivity contribution in [1.82, 2.24) is 19.9 Å². The lowest BCUT2D eigenvalue weighted by Gasteiger charge is -2.19. The maximum atomic E-state index is 11.4. The highest BCUT2D eigenvalue weighted by molar-refractivity contribution is 7.99. The third kappa shape index (κ3) is 6.93. The monoisotopic (exact) mass is 483 g/mol. The van der Waals surface area contributed by atoms with E-state index < -0.39 is 13.8 Å². The molecule has 31 heavy (non-hydrogen) atoms. The lowest BCUT2D eigenvalue weighted by atomic mass is 10.0. The molecule has 3 heterocycles. The Balaban J connectivity index is 1.97. The van der Waals surface area contributed by atoms with E-state index in [0.717, 1.165) is 23.5 Å². The molecule has 0 fully saturated rings. The van der Waals surface area contributed by atoms with E-state index in [4.69, 9.17) is 0 Å². The summed E-state index contributed by atoms with van der Waals surface area (Å²) in [6.45, 7) is 6.08. The smallest absolute Gasteiger partial charge is 0.332 e. The second-order valence-corrected chi connectivity index (χ2v) is 11.6. The van der Waals surface area contributed by atoms with Gasteiger partial charge in [0.2, 0.25) is 0 Å². The Morgan fingerprint density at radius 1 is 1.19 bits per heavy atom. The quantitative estimate of drug-likeness (QED) is 0.191. The number of aliphatic hydroxyl groups is 1. The van der Waals surface area contributed by atoms with E-state index in [1.807, 2.05) is 25.1 Å². The van der Waals surface area contributed by atoms with Gasteiger partial charge in [0.15, 0.2) is 16.6 Å². The predicted octanol–water partition coefficient (Wildman–Crippen LogP) is 3.83. The van der Waals surface area contributed by atoms with Gasteiger partial charge >= 0.3 is 7.60 Å². The molecule has 2 atom stereocenters. The van der Waals surface area contributed by atoms with Crippen molar-refractivity contribution in [2.45, 2.75) is 49.8 Å². The van der Waals surface area contributed by atoms with Crippen LogP contribution < -0.4 is 5.32 Å². The number of hydrogen-bond acceptors (Lipinski definition) is 9. The first kappa shape index (κ1) is 24.0. The average molecular weight is 484 g/mol. The Morgan fingerprint density at radius 2 is 1.97 bits per heavy atom. The van der Waals surface area contributed by atoms with E-state index in [-0.39, 0.29) is 17.9 Å². The normalized spacial score (nSPS) is 14.2. The van der Waals surface area contributed by atoms with Crippen LogP contribution in [-0.2, 0) is 10.7 Å². The zero-order chi connectivity index (χ0) is 22.6. The number of thioether (sulfide) groups is 1. The SMILES string of the molecule is CC(C)CC(CO)Nc1nc(SC(C)c2ccccn2)nc2nc(CP(=O)(O)O)sc12. The van der Waals surface area contributed by atoms with Gasteiger partial charge in [0.25, 0.3) is 0 Å². The van der Waals surface area contributed by atoms with Crippen LogP contribution in [-0.4, -0.2) is 47.5 Å². The Morgan fingerprint density at radius 3 is 2.58 bits per heavy atom. The van der Waals surface area contributed by atoms with Gasteiger partial charge in [-0.25, -0.2) is 15.0 Å². The Labute approximate surface area is 188 Å². The van der Waals surface area contributed by atoms with Gasteiger partial charge in [0.1, 0.15) is 15.9 Å². The number of thiazole rings is 1. The van der Waals surface area contributed by atoms with Crippen LogP contribution in [0.25, 0.3) is 10.3 Å². The number of rotatable bonds is 10. The molecule has 0 aliphatic heterocycles. The minimum absolute atomic E-state index is 0.0102. The molecule has 12 heteroatoms. The van der Waals surface area contributed by atoms with Crippen molar-refractivity contribution >= 4 is 46.9 Å². The van der Waals surface area contributed by atoms with E-state index in [9.17, 15) is 19.5 Å². The maximum Gasteiger partial charge on any atom is 0.332 e. The van der Waals surface area contributed by atoms with Crippen LogP contribution >= 0.6 is 30.7 Å². The Hall–Kier alpha value is -1.62. The summed E-state index contributed by atoms with van der Waals surface area (Å²) in [6, 6.07) is 5.49. The highest BCUT2D eigenvalue weighted by Gasteiger charge is 2.22. The van der Waals surface area contributed by atoms with Crippen molar-refractivity contribution in [3.05, 3.63) is 35.1 Å². The van der Waals surface area contributed by atoms with Crippen LogP contribution in [0.5, 0.6) is 0 Å². The number of anilines is 1. The van der Waals surface area contributed by atoms with Crippen molar-refractivity contribution in [1.29, 1.82) is 0 Å². The number of pyridine rings is 1. The van der Waals surface area contributed by atoms with Crippen molar-refractivity contribution in [2.75, 3.05) is 11.9 Å². The molecule has 3 aromatic rings. The molecule has 0 radical (unpaired) electrons. The van der Waals surface area contributed by atoms with Gasteiger partial charge in [-0.15, -0.1) is 11.3 Å². The largest absolute Gasteiger partial charge is 0.394 e.